The van der Waals surface area contributed by atoms with E-state index in [1.807, 2.05) is 17.0 Å². The van der Waals surface area contributed by atoms with Gasteiger partial charge in [-0.1, -0.05) is 44.2 Å². The van der Waals surface area contributed by atoms with Gasteiger partial charge in [0.05, 0.1) is 0 Å². The normalized spacial score (nSPS) is 21.0. The Morgan fingerprint density at radius 2 is 1.60 bits per heavy atom. The Morgan fingerprint density at radius 1 is 0.929 bits per heavy atom. The molecule has 4 N–H and O–H groups in total. The highest BCUT2D eigenvalue weighted by atomic mass is 19.4. The first-order valence-electron chi connectivity index (χ1n) is 14.4. The number of nitrogens with one attached hydrogen (secondary N) is 4. The second-order valence-electron chi connectivity index (χ2n) is 11.1. The Morgan fingerprint density at radius 3 is 2.21 bits per heavy atom. The third-order valence-electron chi connectivity index (χ3n) is 8.30. The van der Waals surface area contributed by atoms with Crippen LogP contribution in [0.3, 0.4) is 0 Å². The van der Waals surface area contributed by atoms with Crippen molar-refractivity contribution in [3.8, 4) is 5.75 Å². The minimum absolute atomic E-state index is 0.0219. The second-order valence-corrected chi connectivity index (χ2v) is 11.1. The summed E-state index contributed by atoms with van der Waals surface area (Å²) < 4.78 is 41.6. The first-order valence-corrected chi connectivity index (χ1v) is 14.4. The molecular formula is C29H36F3N7O3. The number of ether oxygens (including phenoxy) is 1. The fraction of sp³-hybridized carbons (Fsp3) is 0.483. The summed E-state index contributed by atoms with van der Waals surface area (Å²) >= 11 is 0. The van der Waals surface area contributed by atoms with Crippen molar-refractivity contribution in [2.24, 2.45) is 16.9 Å². The van der Waals surface area contributed by atoms with Gasteiger partial charge in [-0.3, -0.25) is 4.79 Å². The number of benzene rings is 2. The molecule has 0 unspecified atom stereocenters. The number of halogens is 3. The summed E-state index contributed by atoms with van der Waals surface area (Å²) in [5, 5.41) is 7.86. The van der Waals surface area contributed by atoms with Crippen molar-refractivity contribution in [1.29, 1.82) is 0 Å². The van der Waals surface area contributed by atoms with E-state index in [4.69, 9.17) is 0 Å². The largest absolute Gasteiger partial charge is 0.573 e. The van der Waals surface area contributed by atoms with E-state index in [-0.39, 0.29) is 23.7 Å². The maximum atomic E-state index is 13.6. The molecule has 1 aliphatic heterocycles. The molecule has 2 aliphatic carbocycles. The summed E-state index contributed by atoms with van der Waals surface area (Å²) in [5.41, 5.74) is 9.40. The zero-order chi connectivity index (χ0) is 29.5. The molecule has 0 spiro atoms. The number of hydrogen-bond acceptors (Lipinski definition) is 7. The zero-order valence-electron chi connectivity index (χ0n) is 23.2. The number of nitrogens with zero attached hydrogens (tertiary/aromatic N) is 3. The molecule has 3 aliphatic rings. The molecular weight excluding hydrogens is 551 g/mol. The number of urea groups is 1. The van der Waals surface area contributed by atoms with Crippen LogP contribution in [-0.4, -0.2) is 40.7 Å². The minimum Gasteiger partial charge on any atom is -0.406 e. The lowest BCUT2D eigenvalue weighted by Crippen LogP contribution is -2.49. The third kappa shape index (κ3) is 8.05. The minimum atomic E-state index is -4.79. The Hall–Kier alpha value is -4.00. The van der Waals surface area contributed by atoms with Gasteiger partial charge in [0, 0.05) is 23.8 Å². The number of rotatable bonds is 8. The number of hydrazone groups is 1. The van der Waals surface area contributed by atoms with E-state index >= 15 is 0 Å². The molecule has 3 amide bonds. The first-order chi connectivity index (χ1) is 20.2. The third-order valence-corrected chi connectivity index (χ3v) is 8.30. The molecule has 10 nitrogen and oxygen atoms in total. The Kier molecular flexibility index (Phi) is 9.35. The summed E-state index contributed by atoms with van der Waals surface area (Å²) in [7, 11) is 0. The van der Waals surface area contributed by atoms with Crippen LogP contribution in [0.5, 0.6) is 5.75 Å². The van der Waals surface area contributed by atoms with Crippen molar-refractivity contribution >= 4 is 24.0 Å². The molecule has 0 atom stereocenters. The van der Waals surface area contributed by atoms with Crippen molar-refractivity contribution in [3.63, 3.8) is 0 Å². The van der Waals surface area contributed by atoms with Gasteiger partial charge in [0.1, 0.15) is 5.75 Å². The highest BCUT2D eigenvalue weighted by molar-refractivity contribution is 5.94. The molecule has 2 fully saturated rings. The maximum Gasteiger partial charge on any atom is 0.573 e. The Bertz CT molecular complexity index is 1230. The van der Waals surface area contributed by atoms with Crippen molar-refractivity contribution < 1.29 is 27.5 Å². The van der Waals surface area contributed by atoms with Gasteiger partial charge in [-0.2, -0.15) is 5.12 Å². The van der Waals surface area contributed by atoms with Gasteiger partial charge in [0.2, 0.25) is 0 Å². The van der Waals surface area contributed by atoms with E-state index in [0.717, 1.165) is 37.2 Å². The van der Waals surface area contributed by atoms with E-state index in [1.54, 1.807) is 12.1 Å². The topological polar surface area (TPSA) is 110 Å². The molecule has 2 aromatic carbocycles. The lowest BCUT2D eigenvalue weighted by atomic mass is 9.72. The Balaban J connectivity index is 1.25. The summed E-state index contributed by atoms with van der Waals surface area (Å²) in [4.78, 5) is 27.9. The predicted molar refractivity (Wildman–Crippen MR) is 151 cm³/mol. The fourth-order valence-corrected chi connectivity index (χ4v) is 6.18. The molecule has 0 aromatic heterocycles. The molecule has 13 heteroatoms. The molecule has 2 saturated carbocycles. The van der Waals surface area contributed by atoms with Crippen molar-refractivity contribution in [2.45, 2.75) is 76.7 Å². The molecule has 1 heterocycles. The van der Waals surface area contributed by atoms with Crippen LogP contribution in [0.4, 0.5) is 23.7 Å². The molecule has 0 bridgehead atoms. The van der Waals surface area contributed by atoms with Crippen LogP contribution < -0.4 is 26.5 Å². The van der Waals surface area contributed by atoms with Gasteiger partial charge < -0.3 is 15.0 Å². The fourth-order valence-electron chi connectivity index (χ4n) is 6.18. The van der Waals surface area contributed by atoms with Crippen molar-refractivity contribution in [3.05, 3.63) is 59.7 Å². The van der Waals surface area contributed by atoms with Gasteiger partial charge in [0.15, 0.2) is 6.34 Å². The number of alkyl halides is 3. The lowest BCUT2D eigenvalue weighted by molar-refractivity contribution is -0.274. The van der Waals surface area contributed by atoms with Gasteiger partial charge >= 0.3 is 12.4 Å². The van der Waals surface area contributed by atoms with Crippen molar-refractivity contribution in [1.82, 2.24) is 26.5 Å². The maximum absolute atomic E-state index is 13.6. The number of amides is 3. The van der Waals surface area contributed by atoms with E-state index in [2.05, 4.69) is 31.7 Å². The van der Waals surface area contributed by atoms with Crippen LogP contribution in [-0.2, 0) is 6.54 Å². The van der Waals surface area contributed by atoms with E-state index in [9.17, 15) is 22.8 Å². The van der Waals surface area contributed by atoms with Gasteiger partial charge in [-0.25, -0.2) is 15.8 Å². The van der Waals surface area contributed by atoms with Crippen LogP contribution >= 0.6 is 0 Å². The summed E-state index contributed by atoms with van der Waals surface area (Å²) in [6, 6.07) is 11.8. The van der Waals surface area contributed by atoms with Crippen LogP contribution in [0.1, 0.15) is 73.7 Å². The highest BCUT2D eigenvalue weighted by Gasteiger charge is 2.33. The number of carbonyl (C=O) groups is 2. The number of carbonyl (C=O) groups excluding carboxylic acids is 2. The van der Waals surface area contributed by atoms with Crippen LogP contribution in [0.2, 0.25) is 0 Å². The van der Waals surface area contributed by atoms with Crippen LogP contribution in [0.25, 0.3) is 0 Å². The monoisotopic (exact) mass is 587 g/mol. The number of anilines is 1. The average molecular weight is 588 g/mol. The molecule has 42 heavy (non-hydrogen) atoms. The zero-order valence-corrected chi connectivity index (χ0v) is 23.2. The standard InChI is InChI=1S/C29H36F3N7O3/c30-29(31,32)42-26-16-12-24(13-17-26)34-28(41)38(25-14-10-22(11-15-25)21-4-2-1-3-5-21)18-20-6-8-23(9-7-20)27(40)35-39-19-33-36-37-39/h6-9,12-13,16-17,19,21-22,25,36-37H,1-5,10-11,14-15,18H2,(H,34,41)(H,35,40). The van der Waals surface area contributed by atoms with Gasteiger partial charge in [0.25, 0.3) is 5.91 Å². The average Bonchev–Trinajstić information content (AvgIpc) is 3.50. The second kappa shape index (κ2) is 13.3. The van der Waals surface area contributed by atoms with E-state index in [1.165, 1.54) is 67.8 Å². The lowest BCUT2D eigenvalue weighted by Gasteiger charge is -2.40. The molecule has 2 aromatic rings. The van der Waals surface area contributed by atoms with Gasteiger partial charge in [-0.15, -0.1) is 23.8 Å². The number of hydrazine groups is 3. The summed E-state index contributed by atoms with van der Waals surface area (Å²) in [6.07, 6.45) is 7.05. The predicted octanol–water partition coefficient (Wildman–Crippen LogP) is 5.67. The molecule has 0 radical (unpaired) electrons. The first kappa shape index (κ1) is 29.5. The van der Waals surface area contributed by atoms with Crippen LogP contribution in [0, 0.1) is 11.8 Å². The summed E-state index contributed by atoms with van der Waals surface area (Å²) in [6.45, 7) is 0.325. The number of hydrogen-bond donors (Lipinski definition) is 4. The molecule has 5 rings (SSSR count). The molecule has 226 valence electrons. The van der Waals surface area contributed by atoms with Crippen LogP contribution in [0.15, 0.2) is 53.6 Å². The SMILES string of the molecule is O=C(NN1C=NNN1)c1ccc(CN(C(=O)Nc2ccc(OC(F)(F)F)cc2)C2CCC(C3CCCCC3)CC2)cc1. The molecule has 0 saturated heterocycles. The van der Waals surface area contributed by atoms with Crippen molar-refractivity contribution in [2.75, 3.05) is 5.32 Å². The Labute approximate surface area is 242 Å². The quantitative estimate of drug-likeness (QED) is 0.317. The summed E-state index contributed by atoms with van der Waals surface area (Å²) in [5.74, 6) is 0.774. The van der Waals surface area contributed by atoms with Gasteiger partial charge in [-0.05, 0) is 79.5 Å². The highest BCUT2D eigenvalue weighted by Crippen LogP contribution is 2.39. The smallest absolute Gasteiger partial charge is 0.406 e. The van der Waals surface area contributed by atoms with E-state index in [0.29, 0.717) is 23.7 Å². The van der Waals surface area contributed by atoms with E-state index < -0.39 is 6.36 Å².